The van der Waals surface area contributed by atoms with Crippen molar-refractivity contribution in [3.05, 3.63) is 0 Å². The van der Waals surface area contributed by atoms with Crippen LogP contribution in [-0.2, 0) is 20.2 Å². The quantitative estimate of drug-likeness (QED) is 0.398. The van der Waals surface area contributed by atoms with Gasteiger partial charge in [0.15, 0.2) is 0 Å². The second-order valence-corrected chi connectivity index (χ2v) is 2.65. The van der Waals surface area contributed by atoms with Gasteiger partial charge in [-0.25, -0.2) is 0 Å². The summed E-state index contributed by atoms with van der Waals surface area (Å²) in [5.74, 6) is 0. The van der Waals surface area contributed by atoms with Crippen molar-refractivity contribution in [1.29, 1.82) is 0 Å². The second-order valence-electron chi connectivity index (χ2n) is 0.448. The Bertz CT molecular complexity index is 104. The molecule has 0 aliphatic carbocycles. The van der Waals surface area contributed by atoms with Crippen molar-refractivity contribution in [2.24, 2.45) is 0 Å². The fourth-order valence-electron chi connectivity index (χ4n) is 0. The van der Waals surface area contributed by atoms with E-state index >= 15 is 0 Å². The molecule has 0 bridgehead atoms. The van der Waals surface area contributed by atoms with Crippen LogP contribution in [0, 0.1) is 0 Å². The van der Waals surface area contributed by atoms with Crippen LogP contribution in [0.5, 0.6) is 0 Å². The summed E-state index contributed by atoms with van der Waals surface area (Å²) in [4.78, 5) is 0. The Balaban J connectivity index is -0.00000000222. The van der Waals surface area contributed by atoms with E-state index < -0.39 is 9.05 Å². The zero-order chi connectivity index (χ0) is 4.50. The monoisotopic (exact) mass is 248 g/mol. The maximum absolute atomic E-state index is 9.11. The van der Waals surface area contributed by atoms with Gasteiger partial charge in [0.05, 0.1) is 0 Å². The molecule has 0 unspecified atom stereocenters. The molecule has 0 aliphatic heterocycles. The topological polar surface area (TPSA) is 247 Å². The van der Waals surface area contributed by atoms with E-state index in [-0.39, 0.29) is 58.8 Å². The van der Waals surface area contributed by atoms with Crippen molar-refractivity contribution in [1.82, 2.24) is 0 Å². The van der Waals surface area contributed by atoms with Gasteiger partial charge in [0, 0.05) is 11.2 Å². The van der Waals surface area contributed by atoms with E-state index in [2.05, 4.69) is 11.2 Å². The molecule has 0 spiro atoms. The van der Waals surface area contributed by atoms with Gasteiger partial charge in [-0.1, -0.05) is 0 Å². The summed E-state index contributed by atoms with van der Waals surface area (Å²) in [5.41, 5.74) is 0. The van der Waals surface area contributed by atoms with Crippen molar-refractivity contribution >= 4 is 43.3 Å². The number of hydrogen-bond donors (Lipinski definition) is 2. The van der Waals surface area contributed by atoms with Crippen LogP contribution in [0.25, 0.3) is 0 Å². The van der Waals surface area contributed by atoms with Gasteiger partial charge < -0.3 is 35.7 Å². The molecule has 0 aromatic carbocycles. The summed E-state index contributed by atoms with van der Waals surface area (Å²) < 4.78 is 24.0. The summed E-state index contributed by atoms with van der Waals surface area (Å²) in [6.07, 6.45) is 0. The molecule has 0 atom stereocenters. The first-order valence-corrected chi connectivity index (χ1v) is 3.10. The van der Waals surface area contributed by atoms with Crippen molar-refractivity contribution in [3.8, 4) is 0 Å². The average Bonchev–Trinajstić information content (AvgIpc) is 0.722. The molecule has 12 heavy (non-hydrogen) atoms. The predicted molar refractivity (Wildman–Crippen MR) is 50.4 cm³/mol. The molecular weight excluding hydrogens is 232 g/mol. The Kier molecular flexibility index (Phi) is 191. The minimum Gasteiger partial charge on any atom is -1.00 e. The first-order chi connectivity index (χ1) is 2.00. The van der Waals surface area contributed by atoms with E-state index in [1.54, 1.807) is 0 Å². The molecule has 12 heteroatoms. The summed E-state index contributed by atoms with van der Waals surface area (Å²) in [6.45, 7) is 0. The van der Waals surface area contributed by atoms with Crippen LogP contribution in [0.15, 0.2) is 0 Å². The number of rotatable bonds is 0. The minimum absolute atomic E-state index is 0. The van der Waals surface area contributed by atoms with Crippen LogP contribution in [0.4, 0.5) is 0 Å². The molecule has 0 aromatic rings. The van der Waals surface area contributed by atoms with Crippen LogP contribution in [-0.4, -0.2) is 69.2 Å². The van der Waals surface area contributed by atoms with Crippen LogP contribution in [0.2, 0.25) is 0 Å². The first-order valence-electron chi connectivity index (χ1n) is 0.698. The Morgan fingerprint density at radius 1 is 0.917 bits per heavy atom. The molecule has 14 N–H and O–H groups in total. The van der Waals surface area contributed by atoms with Crippen LogP contribution in [0.3, 0.4) is 0 Å². The molecule has 0 radical (unpaired) electrons. The third kappa shape index (κ3) is 1560. The predicted octanol–water partition coefficient (Wildman–Crippen LogP) is -5.43. The molecule has 9 nitrogen and oxygen atoms in total. The summed E-state index contributed by atoms with van der Waals surface area (Å²) in [6, 6.07) is 0. The molecule has 0 saturated carbocycles. The van der Waals surface area contributed by atoms with Gasteiger partial charge in [-0.15, -0.1) is 0 Å². The molecule has 0 heterocycles. The van der Waals surface area contributed by atoms with Crippen LogP contribution >= 0.6 is 0 Å². The maximum Gasteiger partial charge on any atom is 2.00 e. The fourth-order valence-corrected chi connectivity index (χ4v) is 0. The van der Waals surface area contributed by atoms with Crippen molar-refractivity contribution < 1.29 is 49.0 Å². The molecule has 0 amide bonds. The molecule has 0 saturated heterocycles. The van der Waals surface area contributed by atoms with Crippen LogP contribution in [0.1, 0.15) is 2.85 Å². The van der Waals surface area contributed by atoms with E-state index in [4.69, 9.17) is 13.3 Å². The van der Waals surface area contributed by atoms with E-state index in [9.17, 15) is 0 Å². The first kappa shape index (κ1) is 77.1. The Hall–Kier alpha value is 0.816. The van der Waals surface area contributed by atoms with E-state index in [1.807, 2.05) is 0 Å². The fraction of sp³-hybridized carbons (Fsp3) is 0. The Morgan fingerprint density at radius 3 is 0.917 bits per heavy atom. The van der Waals surface area contributed by atoms with Crippen molar-refractivity contribution in [3.63, 3.8) is 0 Å². The van der Waals surface area contributed by atoms with Gasteiger partial charge in [-0.05, 0) is 0 Å². The molecule has 84 valence electrons. The van der Waals surface area contributed by atoms with E-state index in [1.165, 1.54) is 0 Å². The SMILES string of the molecule is O.O.O.O.O.O.O=S(O)(O)=S.[H-].[H-].[Mg+2]. The van der Waals surface area contributed by atoms with Crippen molar-refractivity contribution in [2.75, 3.05) is 0 Å². The third-order valence-electron chi connectivity index (χ3n) is 0. The largest absolute Gasteiger partial charge is 2.00 e. The summed E-state index contributed by atoms with van der Waals surface area (Å²) >= 11 is 3.47. The second kappa shape index (κ2) is 29.8. The zero-order valence-electron chi connectivity index (χ0n) is 7.83. The molecule has 0 fully saturated rings. The van der Waals surface area contributed by atoms with Gasteiger partial charge in [0.1, 0.15) is 0 Å². The standard InChI is InChI=1S/Mg.H2O3S2.6H2O.2H/c;1-5(2,3)4;;;;;;;;/h;(H2,1,2,3,4);6*1H2;;/q+2;;;;;;;;2*-1. The Labute approximate surface area is 92.5 Å². The van der Waals surface area contributed by atoms with Crippen LogP contribution < -0.4 is 0 Å². The molecule has 0 aliphatic rings. The summed E-state index contributed by atoms with van der Waals surface area (Å²) in [7, 11) is -3.83. The van der Waals surface area contributed by atoms with E-state index in [0.717, 1.165) is 0 Å². The third-order valence-corrected chi connectivity index (χ3v) is 0. The van der Waals surface area contributed by atoms with Gasteiger partial charge >= 0.3 is 23.1 Å². The average molecular weight is 249 g/mol. The van der Waals surface area contributed by atoms with Gasteiger partial charge in [-0.2, -0.15) is 4.21 Å². The van der Waals surface area contributed by atoms with Crippen molar-refractivity contribution in [2.45, 2.75) is 0 Å². The molecule has 0 aromatic heterocycles. The normalized spacial score (nSPS) is 4.83. The maximum atomic E-state index is 9.11. The van der Waals surface area contributed by atoms with E-state index in [0.29, 0.717) is 0 Å². The van der Waals surface area contributed by atoms with Gasteiger partial charge in [0.2, 0.25) is 0 Å². The smallest absolute Gasteiger partial charge is 1.00 e. The minimum atomic E-state index is -3.83. The number of hydrogen-bond acceptors (Lipinski definition) is 2. The van der Waals surface area contributed by atoms with Gasteiger partial charge in [0.25, 0.3) is 9.05 Å². The Morgan fingerprint density at radius 2 is 0.917 bits per heavy atom. The van der Waals surface area contributed by atoms with Gasteiger partial charge in [-0.3, -0.25) is 9.11 Å². The molecule has 0 rings (SSSR count). The summed E-state index contributed by atoms with van der Waals surface area (Å²) in [5, 5.41) is 0. The zero-order valence-corrected chi connectivity index (χ0v) is 8.87. The molecular formula is H16MgO9S2.